The van der Waals surface area contributed by atoms with Gasteiger partial charge in [0.15, 0.2) is 0 Å². The molecule has 3 rings (SSSR count). The summed E-state index contributed by atoms with van der Waals surface area (Å²) in [6.07, 6.45) is 12.9. The van der Waals surface area contributed by atoms with E-state index in [1.807, 2.05) is 0 Å². The van der Waals surface area contributed by atoms with Crippen LogP contribution in [0.3, 0.4) is 0 Å². The van der Waals surface area contributed by atoms with Gasteiger partial charge >= 0.3 is 0 Å². The van der Waals surface area contributed by atoms with E-state index in [1.165, 1.54) is 57.8 Å². The van der Waals surface area contributed by atoms with Crippen LogP contribution in [0.1, 0.15) is 71.6 Å². The minimum atomic E-state index is -0.456. The molecule has 3 aliphatic rings. The number of hydrogen-bond donors (Lipinski definition) is 0. The van der Waals surface area contributed by atoms with E-state index in [2.05, 4.69) is 13.8 Å². The Balaban J connectivity index is 1.86. The number of hydrogen-bond acceptors (Lipinski definition) is 0. The smallest absolute Gasteiger partial charge is 0.0627 e. The molecule has 3 saturated carbocycles. The van der Waals surface area contributed by atoms with Crippen LogP contribution in [0.15, 0.2) is 0 Å². The predicted molar refractivity (Wildman–Crippen MR) is 88.0 cm³/mol. The van der Waals surface area contributed by atoms with E-state index in [0.717, 1.165) is 23.7 Å². The molecular formula is C18H30B2. The SMILES string of the molecule is [B]C([B])(C(C)C)C1CC2CCCCC2C2CCCCC21. The summed E-state index contributed by atoms with van der Waals surface area (Å²) in [6.45, 7) is 4.43. The van der Waals surface area contributed by atoms with Gasteiger partial charge in [-0.2, -0.15) is 0 Å². The standard InChI is InChI=1S/C18H30B2/c1-12(2)18(19,20)17-11-13-7-3-4-8-14(13)15-9-5-6-10-16(15)17/h12-17H,3-11H2,1-2H3. The third kappa shape index (κ3) is 2.50. The average molecular weight is 268 g/mol. The van der Waals surface area contributed by atoms with Gasteiger partial charge in [0.2, 0.25) is 0 Å². The van der Waals surface area contributed by atoms with Crippen LogP contribution in [-0.2, 0) is 0 Å². The van der Waals surface area contributed by atoms with Gasteiger partial charge in [0.25, 0.3) is 0 Å². The summed E-state index contributed by atoms with van der Waals surface area (Å²) in [5.74, 6) is 4.65. The zero-order valence-electron chi connectivity index (χ0n) is 13.5. The van der Waals surface area contributed by atoms with Crippen molar-refractivity contribution in [1.82, 2.24) is 0 Å². The largest absolute Gasteiger partial charge is 0.0938 e. The van der Waals surface area contributed by atoms with E-state index < -0.39 is 5.21 Å². The number of rotatable bonds is 2. The Morgan fingerprint density at radius 2 is 1.35 bits per heavy atom. The van der Waals surface area contributed by atoms with Crippen molar-refractivity contribution in [1.29, 1.82) is 0 Å². The summed E-state index contributed by atoms with van der Waals surface area (Å²) in [7, 11) is 13.3. The summed E-state index contributed by atoms with van der Waals surface area (Å²) in [4.78, 5) is 0. The summed E-state index contributed by atoms with van der Waals surface area (Å²) in [6, 6.07) is 0. The van der Waals surface area contributed by atoms with Crippen molar-refractivity contribution in [2.75, 3.05) is 0 Å². The lowest BCUT2D eigenvalue weighted by Crippen LogP contribution is -2.48. The molecule has 0 aromatic rings. The molecule has 4 radical (unpaired) electrons. The maximum Gasteiger partial charge on any atom is 0.0627 e. The van der Waals surface area contributed by atoms with Gasteiger partial charge in [-0.05, 0) is 55.3 Å². The van der Waals surface area contributed by atoms with Crippen LogP contribution in [0.4, 0.5) is 0 Å². The fourth-order valence-electron chi connectivity index (χ4n) is 5.82. The molecule has 0 N–H and O–H groups in total. The summed E-state index contributed by atoms with van der Waals surface area (Å²) < 4.78 is 0. The highest BCUT2D eigenvalue weighted by atomic mass is 14.5. The second kappa shape index (κ2) is 5.73. The molecule has 3 fully saturated rings. The predicted octanol–water partition coefficient (Wildman–Crippen LogP) is 4.73. The Morgan fingerprint density at radius 3 is 2.00 bits per heavy atom. The Hall–Kier alpha value is 0.130. The summed E-state index contributed by atoms with van der Waals surface area (Å²) in [5.41, 5.74) is 0. The van der Waals surface area contributed by atoms with Gasteiger partial charge in [-0.25, -0.2) is 0 Å². The normalized spacial score (nSPS) is 42.0. The van der Waals surface area contributed by atoms with Gasteiger partial charge in [-0.1, -0.05) is 57.1 Å². The van der Waals surface area contributed by atoms with Gasteiger partial charge in [-0.3, -0.25) is 0 Å². The summed E-state index contributed by atoms with van der Waals surface area (Å²) >= 11 is 0. The molecule has 3 aliphatic carbocycles. The molecule has 20 heavy (non-hydrogen) atoms. The topological polar surface area (TPSA) is 0 Å². The van der Waals surface area contributed by atoms with Gasteiger partial charge in [0.1, 0.15) is 0 Å². The highest BCUT2D eigenvalue weighted by Crippen LogP contribution is 2.59. The molecule has 0 heterocycles. The van der Waals surface area contributed by atoms with Crippen LogP contribution in [0.25, 0.3) is 0 Å². The van der Waals surface area contributed by atoms with Gasteiger partial charge < -0.3 is 0 Å². The van der Waals surface area contributed by atoms with Crippen molar-refractivity contribution >= 4 is 15.7 Å². The van der Waals surface area contributed by atoms with E-state index >= 15 is 0 Å². The molecule has 5 atom stereocenters. The molecular weight excluding hydrogens is 238 g/mol. The van der Waals surface area contributed by atoms with E-state index in [0.29, 0.717) is 11.8 Å². The van der Waals surface area contributed by atoms with E-state index in [-0.39, 0.29) is 0 Å². The molecule has 2 heteroatoms. The van der Waals surface area contributed by atoms with Crippen LogP contribution in [0.5, 0.6) is 0 Å². The van der Waals surface area contributed by atoms with Crippen molar-refractivity contribution in [2.45, 2.75) is 76.8 Å². The minimum Gasteiger partial charge on any atom is -0.0938 e. The van der Waals surface area contributed by atoms with Crippen molar-refractivity contribution in [2.24, 2.45) is 35.5 Å². The third-order valence-corrected chi connectivity index (χ3v) is 7.11. The highest BCUT2D eigenvalue weighted by Gasteiger charge is 2.49. The second-order valence-electron chi connectivity index (χ2n) is 8.32. The summed E-state index contributed by atoms with van der Waals surface area (Å²) in [5, 5.41) is -0.456. The quantitative estimate of drug-likeness (QED) is 0.635. The molecule has 0 aromatic carbocycles. The lowest BCUT2D eigenvalue weighted by molar-refractivity contribution is -0.0262. The van der Waals surface area contributed by atoms with Crippen LogP contribution in [0.2, 0.25) is 5.21 Å². The molecule has 108 valence electrons. The molecule has 0 aromatic heterocycles. The van der Waals surface area contributed by atoms with Crippen molar-refractivity contribution in [3.63, 3.8) is 0 Å². The van der Waals surface area contributed by atoms with E-state index in [4.69, 9.17) is 15.7 Å². The molecule has 0 amide bonds. The van der Waals surface area contributed by atoms with Gasteiger partial charge in [-0.15, -0.1) is 0 Å². The van der Waals surface area contributed by atoms with E-state index in [1.54, 1.807) is 0 Å². The third-order valence-electron chi connectivity index (χ3n) is 7.11. The molecule has 0 bridgehead atoms. The zero-order valence-corrected chi connectivity index (χ0v) is 13.5. The Morgan fingerprint density at radius 1 is 0.800 bits per heavy atom. The fraction of sp³-hybridized carbons (Fsp3) is 1.00. The highest BCUT2D eigenvalue weighted by molar-refractivity contribution is 6.40. The van der Waals surface area contributed by atoms with E-state index in [9.17, 15) is 0 Å². The van der Waals surface area contributed by atoms with Crippen molar-refractivity contribution in [3.05, 3.63) is 0 Å². The Bertz CT molecular complexity index is 336. The van der Waals surface area contributed by atoms with Gasteiger partial charge in [0.05, 0.1) is 15.7 Å². The van der Waals surface area contributed by atoms with Crippen LogP contribution >= 0.6 is 0 Å². The molecule has 0 saturated heterocycles. The lowest BCUT2D eigenvalue weighted by Gasteiger charge is -2.57. The number of fused-ring (bicyclic) bond motifs is 3. The first-order valence-corrected chi connectivity index (χ1v) is 9.09. The van der Waals surface area contributed by atoms with Crippen LogP contribution in [-0.4, -0.2) is 15.7 Å². The molecule has 0 nitrogen and oxygen atoms in total. The first kappa shape index (κ1) is 15.0. The zero-order chi connectivity index (χ0) is 14.3. The van der Waals surface area contributed by atoms with Crippen LogP contribution < -0.4 is 0 Å². The Labute approximate surface area is 128 Å². The average Bonchev–Trinajstić information content (AvgIpc) is 2.46. The first-order chi connectivity index (χ1) is 9.51. The lowest BCUT2D eigenvalue weighted by atomic mass is 9.37. The minimum absolute atomic E-state index is 0.384. The monoisotopic (exact) mass is 268 g/mol. The van der Waals surface area contributed by atoms with Crippen molar-refractivity contribution < 1.29 is 0 Å². The first-order valence-electron chi connectivity index (χ1n) is 9.09. The van der Waals surface area contributed by atoms with Crippen molar-refractivity contribution in [3.8, 4) is 0 Å². The maximum absolute atomic E-state index is 6.64. The van der Waals surface area contributed by atoms with Crippen LogP contribution in [0, 0.1) is 35.5 Å². The second-order valence-corrected chi connectivity index (χ2v) is 8.32. The molecule has 5 unspecified atom stereocenters. The molecule has 0 aliphatic heterocycles. The van der Waals surface area contributed by atoms with Gasteiger partial charge in [0, 0.05) is 0 Å². The fourth-order valence-corrected chi connectivity index (χ4v) is 5.82. The Kier molecular flexibility index (Phi) is 4.31. The molecule has 0 spiro atoms. The maximum atomic E-state index is 6.64.